The van der Waals surface area contributed by atoms with Crippen LogP contribution in [0, 0.1) is 0 Å². The Balaban J connectivity index is 2.47. The summed E-state index contributed by atoms with van der Waals surface area (Å²) in [5.41, 5.74) is 6.97. The highest BCUT2D eigenvalue weighted by molar-refractivity contribution is 5.90. The normalized spacial score (nSPS) is 9.43. The molecule has 3 heteroatoms. The molecule has 3 nitrogen and oxygen atoms in total. The van der Waals surface area contributed by atoms with E-state index in [2.05, 4.69) is 11.9 Å². The molecule has 0 spiro atoms. The molecule has 0 bridgehead atoms. The lowest BCUT2D eigenvalue weighted by atomic mass is 10.2. The first-order valence-corrected chi connectivity index (χ1v) is 4.48. The van der Waals surface area contributed by atoms with Gasteiger partial charge in [0.2, 0.25) is 5.91 Å². The average molecular weight is 190 g/mol. The van der Waals surface area contributed by atoms with Crippen LogP contribution in [-0.2, 0) is 4.79 Å². The van der Waals surface area contributed by atoms with Crippen LogP contribution < -0.4 is 11.1 Å². The van der Waals surface area contributed by atoms with Gasteiger partial charge in [0.1, 0.15) is 0 Å². The number of hydrogen-bond donors (Lipinski definition) is 2. The third-order valence-corrected chi connectivity index (χ3v) is 1.77. The number of benzene rings is 1. The van der Waals surface area contributed by atoms with Crippen LogP contribution in [0.25, 0.3) is 0 Å². The van der Waals surface area contributed by atoms with Gasteiger partial charge in [-0.05, 0) is 30.7 Å². The molecule has 0 aromatic heterocycles. The molecule has 1 aromatic rings. The minimum Gasteiger partial charge on any atom is -0.399 e. The van der Waals surface area contributed by atoms with Crippen LogP contribution >= 0.6 is 0 Å². The Morgan fingerprint density at radius 1 is 1.43 bits per heavy atom. The lowest BCUT2D eigenvalue weighted by Crippen LogP contribution is -2.10. The fraction of sp³-hybridized carbons (Fsp3) is 0.182. The summed E-state index contributed by atoms with van der Waals surface area (Å²) in [5, 5.41) is 2.76. The van der Waals surface area contributed by atoms with Crippen molar-refractivity contribution in [1.82, 2.24) is 0 Å². The second-order valence-corrected chi connectivity index (χ2v) is 3.00. The Morgan fingerprint density at radius 2 is 2.07 bits per heavy atom. The third kappa shape index (κ3) is 3.31. The minimum absolute atomic E-state index is 0.00493. The Kier molecular flexibility index (Phi) is 3.73. The molecule has 0 radical (unpaired) electrons. The van der Waals surface area contributed by atoms with E-state index in [1.807, 2.05) is 0 Å². The number of carbonyl (C=O) groups excluding carboxylic acids is 1. The van der Waals surface area contributed by atoms with E-state index < -0.39 is 0 Å². The van der Waals surface area contributed by atoms with Crippen molar-refractivity contribution in [3.05, 3.63) is 36.9 Å². The summed E-state index contributed by atoms with van der Waals surface area (Å²) >= 11 is 0. The van der Waals surface area contributed by atoms with Crippen molar-refractivity contribution in [2.75, 3.05) is 11.1 Å². The molecule has 0 saturated heterocycles. The summed E-state index contributed by atoms with van der Waals surface area (Å²) in [6.45, 7) is 3.55. The van der Waals surface area contributed by atoms with E-state index in [0.717, 1.165) is 5.69 Å². The fourth-order valence-electron chi connectivity index (χ4n) is 1.02. The Morgan fingerprint density at radius 3 is 2.64 bits per heavy atom. The van der Waals surface area contributed by atoms with Crippen LogP contribution in [0.2, 0.25) is 0 Å². The predicted octanol–water partition coefficient (Wildman–Crippen LogP) is 2.17. The number of nitrogens with one attached hydrogen (secondary N) is 1. The van der Waals surface area contributed by atoms with Crippen molar-refractivity contribution in [2.24, 2.45) is 0 Å². The molecule has 0 heterocycles. The summed E-state index contributed by atoms with van der Waals surface area (Å²) in [7, 11) is 0. The maximum atomic E-state index is 11.3. The van der Waals surface area contributed by atoms with Gasteiger partial charge in [-0.1, -0.05) is 6.08 Å². The molecular weight excluding hydrogens is 176 g/mol. The summed E-state index contributed by atoms with van der Waals surface area (Å²) in [6.07, 6.45) is 2.89. The molecular formula is C11H14N2O. The number of carbonyl (C=O) groups is 1. The first kappa shape index (κ1) is 10.3. The maximum absolute atomic E-state index is 11.3. The van der Waals surface area contributed by atoms with E-state index in [0.29, 0.717) is 18.5 Å². The second-order valence-electron chi connectivity index (χ2n) is 3.00. The molecule has 1 aromatic carbocycles. The minimum atomic E-state index is -0.00493. The van der Waals surface area contributed by atoms with Crippen molar-refractivity contribution in [1.29, 1.82) is 0 Å². The molecule has 0 fully saturated rings. The van der Waals surface area contributed by atoms with E-state index in [4.69, 9.17) is 5.73 Å². The Labute approximate surface area is 83.6 Å². The topological polar surface area (TPSA) is 55.1 Å². The highest BCUT2D eigenvalue weighted by Crippen LogP contribution is 2.10. The predicted molar refractivity (Wildman–Crippen MR) is 58.9 cm³/mol. The quantitative estimate of drug-likeness (QED) is 0.564. The number of rotatable bonds is 4. The van der Waals surface area contributed by atoms with E-state index in [1.165, 1.54) is 0 Å². The van der Waals surface area contributed by atoms with Crippen molar-refractivity contribution in [2.45, 2.75) is 12.8 Å². The third-order valence-electron chi connectivity index (χ3n) is 1.77. The highest BCUT2D eigenvalue weighted by atomic mass is 16.1. The summed E-state index contributed by atoms with van der Waals surface area (Å²) in [4.78, 5) is 11.3. The second kappa shape index (κ2) is 5.07. The average Bonchev–Trinajstić information content (AvgIpc) is 2.18. The van der Waals surface area contributed by atoms with Crippen LogP contribution in [0.3, 0.4) is 0 Å². The molecule has 0 aliphatic heterocycles. The lowest BCUT2D eigenvalue weighted by Gasteiger charge is -2.03. The number of allylic oxidation sites excluding steroid dienone is 1. The molecule has 0 aliphatic rings. The lowest BCUT2D eigenvalue weighted by molar-refractivity contribution is -0.116. The van der Waals surface area contributed by atoms with Gasteiger partial charge in [0.15, 0.2) is 0 Å². The molecule has 0 unspecified atom stereocenters. The van der Waals surface area contributed by atoms with Gasteiger partial charge in [0.05, 0.1) is 0 Å². The smallest absolute Gasteiger partial charge is 0.224 e. The number of hydrogen-bond acceptors (Lipinski definition) is 2. The maximum Gasteiger partial charge on any atom is 0.224 e. The molecule has 74 valence electrons. The van der Waals surface area contributed by atoms with Crippen molar-refractivity contribution < 1.29 is 4.79 Å². The van der Waals surface area contributed by atoms with Crippen molar-refractivity contribution >= 4 is 17.3 Å². The summed E-state index contributed by atoms with van der Waals surface area (Å²) in [6, 6.07) is 7.06. The first-order valence-electron chi connectivity index (χ1n) is 4.48. The zero-order valence-corrected chi connectivity index (χ0v) is 7.99. The van der Waals surface area contributed by atoms with Gasteiger partial charge in [-0.15, -0.1) is 6.58 Å². The van der Waals surface area contributed by atoms with Crippen molar-refractivity contribution in [3.63, 3.8) is 0 Å². The zero-order chi connectivity index (χ0) is 10.4. The summed E-state index contributed by atoms with van der Waals surface area (Å²) < 4.78 is 0. The SMILES string of the molecule is C=CCCC(=O)Nc1ccc(N)cc1. The number of nitrogen functional groups attached to an aromatic ring is 1. The largest absolute Gasteiger partial charge is 0.399 e. The molecule has 14 heavy (non-hydrogen) atoms. The molecule has 0 atom stereocenters. The van der Waals surface area contributed by atoms with E-state index >= 15 is 0 Å². The molecule has 3 N–H and O–H groups in total. The number of amides is 1. The van der Waals surface area contributed by atoms with Crippen LogP contribution in [-0.4, -0.2) is 5.91 Å². The van der Waals surface area contributed by atoms with Crippen LogP contribution in [0.15, 0.2) is 36.9 Å². The van der Waals surface area contributed by atoms with Crippen molar-refractivity contribution in [3.8, 4) is 0 Å². The Bertz CT molecular complexity index is 317. The fourth-order valence-corrected chi connectivity index (χ4v) is 1.02. The monoisotopic (exact) mass is 190 g/mol. The van der Waals surface area contributed by atoms with Gasteiger partial charge in [0.25, 0.3) is 0 Å². The summed E-state index contributed by atoms with van der Waals surface area (Å²) in [5.74, 6) is -0.00493. The van der Waals surface area contributed by atoms with Crippen LogP contribution in [0.4, 0.5) is 11.4 Å². The van der Waals surface area contributed by atoms with Crippen LogP contribution in [0.5, 0.6) is 0 Å². The van der Waals surface area contributed by atoms with Gasteiger partial charge in [-0.25, -0.2) is 0 Å². The standard InChI is InChI=1S/C11H14N2O/c1-2-3-4-11(14)13-10-7-5-9(12)6-8-10/h2,5-8H,1,3-4,12H2,(H,13,14). The van der Waals surface area contributed by atoms with Gasteiger partial charge in [-0.2, -0.15) is 0 Å². The Hall–Kier alpha value is -1.77. The number of nitrogens with two attached hydrogens (primary N) is 1. The molecule has 0 saturated carbocycles. The zero-order valence-electron chi connectivity index (χ0n) is 7.99. The van der Waals surface area contributed by atoms with Gasteiger partial charge < -0.3 is 11.1 Å². The van der Waals surface area contributed by atoms with E-state index in [9.17, 15) is 4.79 Å². The molecule has 1 rings (SSSR count). The highest BCUT2D eigenvalue weighted by Gasteiger charge is 1.99. The van der Waals surface area contributed by atoms with Crippen LogP contribution in [0.1, 0.15) is 12.8 Å². The van der Waals surface area contributed by atoms with Gasteiger partial charge >= 0.3 is 0 Å². The molecule has 0 aliphatic carbocycles. The van der Waals surface area contributed by atoms with Gasteiger partial charge in [-0.3, -0.25) is 4.79 Å². The van der Waals surface area contributed by atoms with E-state index in [1.54, 1.807) is 30.3 Å². The number of anilines is 2. The van der Waals surface area contributed by atoms with E-state index in [-0.39, 0.29) is 5.91 Å². The van der Waals surface area contributed by atoms with Gasteiger partial charge in [0, 0.05) is 17.8 Å². The first-order chi connectivity index (χ1) is 6.72. The molecule has 1 amide bonds.